The number of fused-ring (bicyclic) bond motifs is 1. The predicted octanol–water partition coefficient (Wildman–Crippen LogP) is 4.29. The van der Waals surface area contributed by atoms with Gasteiger partial charge in [-0.3, -0.25) is 5.10 Å². The van der Waals surface area contributed by atoms with Gasteiger partial charge in [-0.25, -0.2) is 4.98 Å². The minimum absolute atomic E-state index is 0.655. The standard InChI is InChI=1S/C18H15ClN4O2/c1-24-16-6-3-10(7-17(16)25-2)13-9-15(23-22-13)18-20-12-5-4-11(19)8-14(12)21-18/h3-9H,1-2H3,(H,20,21)(H,22,23). The molecule has 2 aromatic heterocycles. The Kier molecular flexibility index (Phi) is 3.82. The van der Waals surface area contributed by atoms with Gasteiger partial charge < -0.3 is 14.5 Å². The molecule has 0 bridgehead atoms. The molecule has 0 aliphatic rings. The molecule has 4 rings (SSSR count). The molecule has 0 aliphatic carbocycles. The summed E-state index contributed by atoms with van der Waals surface area (Å²) < 4.78 is 10.6. The lowest BCUT2D eigenvalue weighted by Gasteiger charge is -2.08. The lowest BCUT2D eigenvalue weighted by atomic mass is 10.1. The Morgan fingerprint density at radius 2 is 1.80 bits per heavy atom. The van der Waals surface area contributed by atoms with Crippen LogP contribution >= 0.6 is 11.6 Å². The van der Waals surface area contributed by atoms with Crippen LogP contribution in [0.3, 0.4) is 0 Å². The third-order valence-electron chi connectivity index (χ3n) is 3.96. The molecule has 25 heavy (non-hydrogen) atoms. The fourth-order valence-electron chi connectivity index (χ4n) is 2.70. The van der Waals surface area contributed by atoms with E-state index in [1.54, 1.807) is 14.2 Å². The summed E-state index contributed by atoms with van der Waals surface area (Å²) in [7, 11) is 3.22. The van der Waals surface area contributed by atoms with Gasteiger partial charge >= 0.3 is 0 Å². The molecule has 2 heterocycles. The van der Waals surface area contributed by atoms with Gasteiger partial charge in [-0.2, -0.15) is 5.10 Å². The lowest BCUT2D eigenvalue weighted by molar-refractivity contribution is 0.355. The minimum Gasteiger partial charge on any atom is -0.493 e. The van der Waals surface area contributed by atoms with Gasteiger partial charge in [-0.1, -0.05) is 11.6 Å². The quantitative estimate of drug-likeness (QED) is 0.573. The molecular formula is C18H15ClN4O2. The van der Waals surface area contributed by atoms with Gasteiger partial charge in [0.05, 0.1) is 30.9 Å². The summed E-state index contributed by atoms with van der Waals surface area (Å²) in [5.41, 5.74) is 4.22. The third-order valence-corrected chi connectivity index (χ3v) is 4.19. The van der Waals surface area contributed by atoms with Crippen molar-refractivity contribution in [2.45, 2.75) is 0 Å². The van der Waals surface area contributed by atoms with Crippen LogP contribution in [0.4, 0.5) is 0 Å². The van der Waals surface area contributed by atoms with Crippen molar-refractivity contribution in [1.82, 2.24) is 20.2 Å². The first-order valence-corrected chi connectivity index (χ1v) is 7.99. The van der Waals surface area contributed by atoms with E-state index >= 15 is 0 Å². The molecule has 0 saturated heterocycles. The van der Waals surface area contributed by atoms with Crippen LogP contribution in [0.5, 0.6) is 11.5 Å². The van der Waals surface area contributed by atoms with E-state index < -0.39 is 0 Å². The molecule has 0 fully saturated rings. The predicted molar refractivity (Wildman–Crippen MR) is 97.2 cm³/mol. The molecule has 7 heteroatoms. The van der Waals surface area contributed by atoms with Gasteiger partial charge in [0.15, 0.2) is 17.3 Å². The molecule has 0 atom stereocenters. The van der Waals surface area contributed by atoms with Crippen molar-refractivity contribution in [2.24, 2.45) is 0 Å². The van der Waals surface area contributed by atoms with Crippen molar-refractivity contribution >= 4 is 22.6 Å². The second-order valence-corrected chi connectivity index (χ2v) is 5.92. The number of nitrogens with one attached hydrogen (secondary N) is 2. The highest BCUT2D eigenvalue weighted by atomic mass is 35.5. The van der Waals surface area contributed by atoms with Gasteiger partial charge in [-0.05, 0) is 42.5 Å². The number of hydrogen-bond acceptors (Lipinski definition) is 4. The number of aromatic nitrogens is 4. The zero-order valence-corrected chi connectivity index (χ0v) is 14.4. The van der Waals surface area contributed by atoms with Gasteiger partial charge in [0, 0.05) is 10.6 Å². The summed E-state index contributed by atoms with van der Waals surface area (Å²) in [5.74, 6) is 2.04. The highest BCUT2D eigenvalue weighted by Crippen LogP contribution is 2.32. The molecule has 2 N–H and O–H groups in total. The van der Waals surface area contributed by atoms with Crippen molar-refractivity contribution < 1.29 is 9.47 Å². The maximum Gasteiger partial charge on any atom is 0.161 e. The number of hydrogen-bond donors (Lipinski definition) is 2. The summed E-state index contributed by atoms with van der Waals surface area (Å²) in [6.07, 6.45) is 0. The van der Waals surface area contributed by atoms with Crippen LogP contribution in [-0.4, -0.2) is 34.4 Å². The van der Waals surface area contributed by atoms with Crippen LogP contribution in [0, 0.1) is 0 Å². The Bertz CT molecular complexity index is 1050. The van der Waals surface area contributed by atoms with Crippen LogP contribution in [-0.2, 0) is 0 Å². The zero-order chi connectivity index (χ0) is 17.4. The van der Waals surface area contributed by atoms with E-state index in [0.29, 0.717) is 22.3 Å². The minimum atomic E-state index is 0.655. The fraction of sp³-hybridized carbons (Fsp3) is 0.111. The molecule has 0 unspecified atom stereocenters. The lowest BCUT2D eigenvalue weighted by Crippen LogP contribution is -1.90. The number of aromatic amines is 2. The van der Waals surface area contributed by atoms with Gasteiger partial charge in [0.25, 0.3) is 0 Å². The van der Waals surface area contributed by atoms with Crippen LogP contribution in [0.25, 0.3) is 33.8 Å². The zero-order valence-electron chi connectivity index (χ0n) is 13.6. The van der Waals surface area contributed by atoms with Crippen molar-refractivity contribution in [3.05, 3.63) is 47.5 Å². The summed E-state index contributed by atoms with van der Waals surface area (Å²) in [5, 5.41) is 8.05. The molecule has 6 nitrogen and oxygen atoms in total. The Labute approximate surface area is 148 Å². The second kappa shape index (κ2) is 6.14. The molecule has 0 radical (unpaired) electrons. The number of halogens is 1. The number of methoxy groups -OCH3 is 2. The van der Waals surface area contributed by atoms with Crippen molar-refractivity contribution in [1.29, 1.82) is 0 Å². The van der Waals surface area contributed by atoms with E-state index in [-0.39, 0.29) is 0 Å². The molecule has 0 saturated carbocycles. The molecule has 0 spiro atoms. The van der Waals surface area contributed by atoms with E-state index in [1.165, 1.54) is 0 Å². The SMILES string of the molecule is COc1ccc(-c2cc(-c3nc4ccc(Cl)cc4[nH]3)[nH]n2)cc1OC. The molecule has 0 amide bonds. The number of rotatable bonds is 4. The maximum absolute atomic E-state index is 6.02. The van der Waals surface area contributed by atoms with E-state index in [1.807, 2.05) is 42.5 Å². The van der Waals surface area contributed by atoms with Crippen molar-refractivity contribution in [2.75, 3.05) is 14.2 Å². The first-order chi connectivity index (χ1) is 12.2. The van der Waals surface area contributed by atoms with Gasteiger partial charge in [-0.15, -0.1) is 0 Å². The Morgan fingerprint density at radius 3 is 2.60 bits per heavy atom. The van der Waals surface area contributed by atoms with Crippen molar-refractivity contribution in [3.8, 4) is 34.3 Å². The van der Waals surface area contributed by atoms with Crippen LogP contribution in [0.2, 0.25) is 5.02 Å². The number of nitrogens with zero attached hydrogens (tertiary/aromatic N) is 2. The van der Waals surface area contributed by atoms with E-state index in [0.717, 1.165) is 28.0 Å². The van der Waals surface area contributed by atoms with Crippen LogP contribution in [0.15, 0.2) is 42.5 Å². The summed E-state index contributed by atoms with van der Waals surface area (Å²) in [6, 6.07) is 13.1. The van der Waals surface area contributed by atoms with E-state index in [4.69, 9.17) is 21.1 Å². The Hall–Kier alpha value is -2.99. The Morgan fingerprint density at radius 1 is 0.960 bits per heavy atom. The maximum atomic E-state index is 6.02. The summed E-state index contributed by atoms with van der Waals surface area (Å²) >= 11 is 6.02. The molecule has 4 aromatic rings. The average molecular weight is 355 g/mol. The normalized spacial score (nSPS) is 11.0. The fourth-order valence-corrected chi connectivity index (χ4v) is 2.87. The van der Waals surface area contributed by atoms with Gasteiger partial charge in [0.1, 0.15) is 5.69 Å². The summed E-state index contributed by atoms with van der Waals surface area (Å²) in [6.45, 7) is 0. The van der Waals surface area contributed by atoms with E-state index in [2.05, 4.69) is 20.2 Å². The smallest absolute Gasteiger partial charge is 0.161 e. The number of benzene rings is 2. The van der Waals surface area contributed by atoms with Crippen molar-refractivity contribution in [3.63, 3.8) is 0 Å². The highest BCUT2D eigenvalue weighted by molar-refractivity contribution is 6.31. The van der Waals surface area contributed by atoms with E-state index in [9.17, 15) is 0 Å². The number of ether oxygens (including phenoxy) is 2. The first-order valence-electron chi connectivity index (χ1n) is 7.61. The Balaban J connectivity index is 1.71. The molecule has 126 valence electrons. The first kappa shape index (κ1) is 15.5. The van der Waals surface area contributed by atoms with Crippen LogP contribution in [0.1, 0.15) is 0 Å². The topological polar surface area (TPSA) is 75.8 Å². The largest absolute Gasteiger partial charge is 0.493 e. The number of H-pyrrole nitrogens is 2. The van der Waals surface area contributed by atoms with Crippen LogP contribution < -0.4 is 9.47 Å². The molecular weight excluding hydrogens is 340 g/mol. The third kappa shape index (κ3) is 2.81. The molecule has 2 aromatic carbocycles. The highest BCUT2D eigenvalue weighted by Gasteiger charge is 2.12. The average Bonchev–Trinajstić information content (AvgIpc) is 3.27. The second-order valence-electron chi connectivity index (χ2n) is 5.48. The number of imidazole rings is 1. The monoisotopic (exact) mass is 354 g/mol. The summed E-state index contributed by atoms with van der Waals surface area (Å²) in [4.78, 5) is 7.81. The molecule has 0 aliphatic heterocycles. The van der Waals surface area contributed by atoms with Gasteiger partial charge in [0.2, 0.25) is 0 Å².